The third kappa shape index (κ3) is 6.53. The second-order valence-corrected chi connectivity index (χ2v) is 11.0. The monoisotopic (exact) mass is 618 g/mol. The molecule has 2 saturated heterocycles. The first kappa shape index (κ1) is 30.5. The van der Waals surface area contributed by atoms with Crippen molar-refractivity contribution in [3.63, 3.8) is 0 Å². The van der Waals surface area contributed by atoms with Crippen molar-refractivity contribution in [1.82, 2.24) is 20.0 Å². The summed E-state index contributed by atoms with van der Waals surface area (Å²) in [7, 11) is 1.63. The number of nitrogens with one attached hydrogen (secondary N) is 1. The standard InChI is InChI=1S/C30H34ClF3N6O3/c1-3-43-28(41)25-18-36-40(27(25)30(32,33)34)23-5-4-12-39(19-23)26-17-21(31)8-11-24(26)20-6-9-22(10-7-20)37-13-15-38(16-14-37)29(42)35-2/h6-11,17-18,23H,3-5,12-16,19H2,1-2H3,(H,35,42). The van der Waals surface area contributed by atoms with Gasteiger partial charge in [0.15, 0.2) is 5.69 Å². The lowest BCUT2D eigenvalue weighted by Crippen LogP contribution is -2.51. The number of amides is 2. The Morgan fingerprint density at radius 3 is 2.42 bits per heavy atom. The van der Waals surface area contributed by atoms with Crippen molar-refractivity contribution in [2.75, 3.05) is 62.7 Å². The van der Waals surface area contributed by atoms with E-state index in [1.807, 2.05) is 41.3 Å². The largest absolute Gasteiger partial charge is 0.462 e. The van der Waals surface area contributed by atoms with Gasteiger partial charge in [-0.3, -0.25) is 4.68 Å². The third-order valence-electron chi connectivity index (χ3n) is 7.93. The molecule has 13 heteroatoms. The maximum absolute atomic E-state index is 14.2. The summed E-state index contributed by atoms with van der Waals surface area (Å²) in [6, 6.07) is 13.0. The minimum atomic E-state index is -4.78. The molecular weight excluding hydrogens is 585 g/mol. The SMILES string of the molecule is CCOC(=O)c1cnn(C2CCCN(c3cc(Cl)ccc3-c3ccc(N4CCN(C(=O)NC)CC4)cc3)C2)c1C(F)(F)F. The third-order valence-corrected chi connectivity index (χ3v) is 8.16. The molecule has 1 atom stereocenters. The maximum atomic E-state index is 14.2. The molecular formula is C30H34ClF3N6O3. The fourth-order valence-corrected chi connectivity index (χ4v) is 6.01. The quantitative estimate of drug-likeness (QED) is 0.357. The second kappa shape index (κ2) is 12.7. The minimum Gasteiger partial charge on any atom is -0.462 e. The van der Waals surface area contributed by atoms with E-state index in [1.165, 1.54) is 0 Å². The number of carbonyl (C=O) groups is 2. The van der Waals surface area contributed by atoms with Crippen LogP contribution >= 0.6 is 11.6 Å². The molecule has 9 nitrogen and oxygen atoms in total. The average molecular weight is 619 g/mol. The van der Waals surface area contributed by atoms with Crippen molar-refractivity contribution < 1.29 is 27.5 Å². The Morgan fingerprint density at radius 1 is 1.05 bits per heavy atom. The highest BCUT2D eigenvalue weighted by Gasteiger charge is 2.42. The number of rotatable bonds is 6. The van der Waals surface area contributed by atoms with Crippen LogP contribution in [0.2, 0.25) is 5.02 Å². The van der Waals surface area contributed by atoms with Gasteiger partial charge in [-0.2, -0.15) is 18.3 Å². The molecule has 5 rings (SSSR count). The number of ether oxygens (including phenoxy) is 1. The smallest absolute Gasteiger partial charge is 0.433 e. The average Bonchev–Trinajstić information content (AvgIpc) is 3.48. The summed E-state index contributed by atoms with van der Waals surface area (Å²) in [4.78, 5) is 30.3. The Morgan fingerprint density at radius 2 is 1.77 bits per heavy atom. The van der Waals surface area contributed by atoms with Crippen molar-refractivity contribution in [1.29, 1.82) is 0 Å². The number of hydrogen-bond acceptors (Lipinski definition) is 6. The molecule has 1 unspecified atom stereocenters. The summed E-state index contributed by atoms with van der Waals surface area (Å²) in [5, 5.41) is 7.21. The van der Waals surface area contributed by atoms with Crippen molar-refractivity contribution >= 4 is 35.0 Å². The van der Waals surface area contributed by atoms with Crippen LogP contribution < -0.4 is 15.1 Å². The van der Waals surface area contributed by atoms with E-state index < -0.39 is 29.4 Å². The van der Waals surface area contributed by atoms with Gasteiger partial charge in [0.1, 0.15) is 5.56 Å². The lowest BCUT2D eigenvalue weighted by Gasteiger charge is -2.37. The number of nitrogens with zero attached hydrogens (tertiary/aromatic N) is 5. The van der Waals surface area contributed by atoms with Crippen LogP contribution in [0, 0.1) is 0 Å². The van der Waals surface area contributed by atoms with Gasteiger partial charge in [-0.25, -0.2) is 9.59 Å². The van der Waals surface area contributed by atoms with E-state index in [0.29, 0.717) is 37.5 Å². The van der Waals surface area contributed by atoms with Crippen LogP contribution in [0.15, 0.2) is 48.7 Å². The van der Waals surface area contributed by atoms with Crippen LogP contribution in [-0.4, -0.2) is 79.6 Å². The molecule has 2 amide bonds. The Kier molecular flexibility index (Phi) is 9.05. The van der Waals surface area contributed by atoms with Crippen LogP contribution in [0.1, 0.15) is 41.9 Å². The van der Waals surface area contributed by atoms with E-state index in [2.05, 4.69) is 15.3 Å². The maximum Gasteiger partial charge on any atom is 0.433 e. The first-order valence-corrected chi connectivity index (χ1v) is 14.7. The molecule has 230 valence electrons. The minimum absolute atomic E-state index is 0.0364. The number of carbonyl (C=O) groups excluding carboxylic acids is 2. The van der Waals surface area contributed by atoms with Gasteiger partial charge in [0.2, 0.25) is 0 Å². The predicted octanol–water partition coefficient (Wildman–Crippen LogP) is 5.70. The zero-order valence-corrected chi connectivity index (χ0v) is 24.8. The number of hydrogen-bond donors (Lipinski definition) is 1. The molecule has 0 radical (unpaired) electrons. The molecule has 0 aliphatic carbocycles. The van der Waals surface area contributed by atoms with Crippen LogP contribution in [0.25, 0.3) is 11.1 Å². The molecule has 0 spiro atoms. The number of halogens is 4. The van der Waals surface area contributed by atoms with Gasteiger partial charge in [0.05, 0.1) is 18.8 Å². The molecule has 0 saturated carbocycles. The van der Waals surface area contributed by atoms with Gasteiger partial charge in [0, 0.05) is 68.3 Å². The number of anilines is 2. The topological polar surface area (TPSA) is 82.9 Å². The molecule has 1 aromatic heterocycles. The second-order valence-electron chi connectivity index (χ2n) is 10.5. The summed E-state index contributed by atoms with van der Waals surface area (Å²) >= 11 is 6.42. The Labute approximate surface area is 253 Å². The molecule has 2 aliphatic heterocycles. The first-order chi connectivity index (χ1) is 20.6. The lowest BCUT2D eigenvalue weighted by molar-refractivity contribution is -0.145. The van der Waals surface area contributed by atoms with Crippen molar-refractivity contribution in [3.8, 4) is 11.1 Å². The van der Waals surface area contributed by atoms with E-state index in [1.54, 1.807) is 24.9 Å². The van der Waals surface area contributed by atoms with E-state index in [-0.39, 0.29) is 19.2 Å². The number of alkyl halides is 3. The Bertz CT molecular complexity index is 1450. The summed E-state index contributed by atoms with van der Waals surface area (Å²) in [6.07, 6.45) is -2.73. The normalized spacial score (nSPS) is 17.6. The summed E-state index contributed by atoms with van der Waals surface area (Å²) in [6.45, 7) is 5.10. The van der Waals surface area contributed by atoms with E-state index >= 15 is 0 Å². The van der Waals surface area contributed by atoms with Crippen LogP contribution in [0.3, 0.4) is 0 Å². The molecule has 0 bridgehead atoms. The molecule has 3 aromatic rings. The van der Waals surface area contributed by atoms with Crippen molar-refractivity contribution in [2.45, 2.75) is 32.0 Å². The number of benzene rings is 2. The molecule has 2 aliphatic rings. The van der Waals surface area contributed by atoms with Gasteiger partial charge in [-0.1, -0.05) is 29.8 Å². The van der Waals surface area contributed by atoms with Gasteiger partial charge < -0.3 is 24.8 Å². The van der Waals surface area contributed by atoms with Gasteiger partial charge >= 0.3 is 18.2 Å². The van der Waals surface area contributed by atoms with Crippen LogP contribution in [0.4, 0.5) is 29.3 Å². The summed E-state index contributed by atoms with van der Waals surface area (Å²) in [5.74, 6) is -1.04. The van der Waals surface area contributed by atoms with Gasteiger partial charge in [-0.05, 0) is 49.6 Å². The van der Waals surface area contributed by atoms with Crippen molar-refractivity contribution in [2.24, 2.45) is 0 Å². The zero-order valence-electron chi connectivity index (χ0n) is 24.0. The molecule has 3 heterocycles. The van der Waals surface area contributed by atoms with Gasteiger partial charge in [-0.15, -0.1) is 0 Å². The summed E-state index contributed by atoms with van der Waals surface area (Å²) < 4.78 is 48.3. The zero-order chi connectivity index (χ0) is 30.7. The lowest BCUT2D eigenvalue weighted by atomic mass is 9.99. The fourth-order valence-electron chi connectivity index (χ4n) is 5.84. The highest BCUT2D eigenvalue weighted by Crippen LogP contribution is 2.39. The number of piperazine rings is 1. The molecule has 2 aromatic carbocycles. The van der Waals surface area contributed by atoms with E-state index in [4.69, 9.17) is 16.3 Å². The van der Waals surface area contributed by atoms with E-state index in [9.17, 15) is 22.8 Å². The Balaban J connectivity index is 1.38. The van der Waals surface area contributed by atoms with Crippen molar-refractivity contribution in [3.05, 3.63) is 64.9 Å². The number of piperidine rings is 1. The number of aromatic nitrogens is 2. The fraction of sp³-hybridized carbons (Fsp3) is 0.433. The van der Waals surface area contributed by atoms with E-state index in [0.717, 1.165) is 46.5 Å². The first-order valence-electron chi connectivity index (χ1n) is 14.3. The van der Waals surface area contributed by atoms with Gasteiger partial charge in [0.25, 0.3) is 0 Å². The molecule has 1 N–H and O–H groups in total. The number of esters is 1. The van der Waals surface area contributed by atoms with Crippen LogP contribution in [0.5, 0.6) is 0 Å². The summed E-state index contributed by atoms with van der Waals surface area (Å²) in [5.41, 5.74) is 2.05. The highest BCUT2D eigenvalue weighted by molar-refractivity contribution is 6.31. The predicted molar refractivity (Wildman–Crippen MR) is 159 cm³/mol. The number of urea groups is 1. The Hall–Kier alpha value is -3.93. The highest BCUT2D eigenvalue weighted by atomic mass is 35.5. The van der Waals surface area contributed by atoms with Crippen LogP contribution in [-0.2, 0) is 10.9 Å². The molecule has 2 fully saturated rings. The molecule has 43 heavy (non-hydrogen) atoms.